The molecule has 192 valence electrons. The second-order valence-electron chi connectivity index (χ2n) is 8.28. The molecule has 37 heavy (non-hydrogen) atoms. The standard InChI is InChI=1S/C23H19F3N6O4S/c1-10-4-6-13(7-5-10)14-9-15(23(24,25)26)28-22-17(14)18(19(37-22)20(27)33)29-21(34)12(3)31-11(2)8-16(30-31)32(35)36/h4-9,12H,1-3H3,(H2,27,33)(H,29,34). The number of nitro groups is 1. The number of carbonyl (C=O) groups excluding carboxylic acids is 2. The number of nitrogens with two attached hydrogens (primary N) is 1. The maximum absolute atomic E-state index is 13.7. The van der Waals surface area contributed by atoms with Crippen molar-refractivity contribution in [3.05, 3.63) is 68.3 Å². The van der Waals surface area contributed by atoms with Gasteiger partial charge in [0, 0.05) is 5.39 Å². The van der Waals surface area contributed by atoms with Crippen molar-refractivity contribution in [3.8, 4) is 11.1 Å². The monoisotopic (exact) mass is 532 g/mol. The minimum Gasteiger partial charge on any atom is -0.365 e. The normalized spacial score (nSPS) is 12.5. The zero-order valence-electron chi connectivity index (χ0n) is 19.6. The van der Waals surface area contributed by atoms with Crippen LogP contribution in [0.25, 0.3) is 21.3 Å². The van der Waals surface area contributed by atoms with Crippen molar-refractivity contribution in [2.45, 2.75) is 33.0 Å². The van der Waals surface area contributed by atoms with E-state index in [4.69, 9.17) is 5.73 Å². The first kappa shape index (κ1) is 25.8. The van der Waals surface area contributed by atoms with Crippen LogP contribution in [-0.4, -0.2) is 31.5 Å². The molecule has 0 aliphatic heterocycles. The second kappa shape index (κ2) is 9.28. The van der Waals surface area contributed by atoms with E-state index in [-0.39, 0.29) is 26.3 Å². The molecule has 0 spiro atoms. The number of hydrogen-bond acceptors (Lipinski definition) is 7. The van der Waals surface area contributed by atoms with Crippen molar-refractivity contribution >= 4 is 44.9 Å². The van der Waals surface area contributed by atoms with E-state index in [0.717, 1.165) is 16.3 Å². The van der Waals surface area contributed by atoms with Crippen LogP contribution in [0.4, 0.5) is 24.7 Å². The summed E-state index contributed by atoms with van der Waals surface area (Å²) in [4.78, 5) is 39.2. The predicted octanol–water partition coefficient (Wildman–Crippen LogP) is 5.00. The van der Waals surface area contributed by atoms with Gasteiger partial charge in [0.1, 0.15) is 21.4 Å². The number of alkyl halides is 3. The highest BCUT2D eigenvalue weighted by molar-refractivity contribution is 7.21. The van der Waals surface area contributed by atoms with Crippen molar-refractivity contribution in [2.75, 3.05) is 5.32 Å². The van der Waals surface area contributed by atoms with Crippen LogP contribution in [0, 0.1) is 24.0 Å². The SMILES string of the molecule is Cc1ccc(-c2cc(C(F)(F)F)nc3sc(C(N)=O)c(NC(=O)C(C)n4nc([N+](=O)[O-])cc4C)c23)cc1. The molecule has 2 amide bonds. The van der Waals surface area contributed by atoms with Gasteiger partial charge in [0.05, 0.1) is 22.5 Å². The molecule has 0 aliphatic rings. The Morgan fingerprint density at radius 3 is 2.38 bits per heavy atom. The molecule has 3 aromatic heterocycles. The number of benzene rings is 1. The largest absolute Gasteiger partial charge is 0.433 e. The highest BCUT2D eigenvalue weighted by Gasteiger charge is 2.35. The van der Waals surface area contributed by atoms with Gasteiger partial charge in [0.2, 0.25) is 0 Å². The zero-order valence-corrected chi connectivity index (χ0v) is 20.4. The number of aryl methyl sites for hydroxylation is 2. The fraction of sp³-hybridized carbons (Fsp3) is 0.217. The molecule has 0 bridgehead atoms. The third kappa shape index (κ3) is 4.87. The van der Waals surface area contributed by atoms with E-state index in [1.165, 1.54) is 19.9 Å². The number of anilines is 1. The van der Waals surface area contributed by atoms with Crippen molar-refractivity contribution in [3.63, 3.8) is 0 Å². The smallest absolute Gasteiger partial charge is 0.365 e. The number of amides is 2. The summed E-state index contributed by atoms with van der Waals surface area (Å²) in [5, 5.41) is 17.6. The quantitative estimate of drug-likeness (QED) is 0.264. The molecule has 3 heterocycles. The van der Waals surface area contributed by atoms with Crippen LogP contribution in [0.2, 0.25) is 0 Å². The summed E-state index contributed by atoms with van der Waals surface area (Å²) < 4.78 is 42.1. The van der Waals surface area contributed by atoms with Crippen LogP contribution >= 0.6 is 11.3 Å². The number of aromatic nitrogens is 3. The molecule has 10 nitrogen and oxygen atoms in total. The van der Waals surface area contributed by atoms with E-state index < -0.39 is 40.5 Å². The molecular formula is C23H19F3N6O4S. The van der Waals surface area contributed by atoms with E-state index in [2.05, 4.69) is 15.4 Å². The van der Waals surface area contributed by atoms with E-state index in [1.807, 2.05) is 6.92 Å². The molecule has 14 heteroatoms. The van der Waals surface area contributed by atoms with Crippen LogP contribution in [0.15, 0.2) is 36.4 Å². The summed E-state index contributed by atoms with van der Waals surface area (Å²) in [7, 11) is 0. The van der Waals surface area contributed by atoms with Crippen molar-refractivity contribution in [2.24, 2.45) is 5.73 Å². The molecule has 3 N–H and O–H groups in total. The Bertz CT molecular complexity index is 1560. The Balaban J connectivity index is 1.89. The van der Waals surface area contributed by atoms with Crippen molar-refractivity contribution in [1.29, 1.82) is 0 Å². The van der Waals surface area contributed by atoms with Gasteiger partial charge in [-0.1, -0.05) is 29.8 Å². The number of nitrogens with one attached hydrogen (secondary N) is 1. The number of nitrogens with zero attached hydrogens (tertiary/aromatic N) is 4. The van der Waals surface area contributed by atoms with Gasteiger partial charge >= 0.3 is 12.0 Å². The fourth-order valence-electron chi connectivity index (χ4n) is 3.79. The molecule has 0 radical (unpaired) electrons. The minimum atomic E-state index is -4.77. The number of hydrogen-bond donors (Lipinski definition) is 2. The fourth-order valence-corrected chi connectivity index (χ4v) is 4.80. The van der Waals surface area contributed by atoms with Gasteiger partial charge in [0.15, 0.2) is 0 Å². The third-order valence-electron chi connectivity index (χ3n) is 5.63. The molecule has 0 aliphatic carbocycles. The Labute approximate surface area is 211 Å². The number of fused-ring (bicyclic) bond motifs is 1. The lowest BCUT2D eigenvalue weighted by Crippen LogP contribution is -2.26. The van der Waals surface area contributed by atoms with Gasteiger partial charge < -0.3 is 21.2 Å². The Morgan fingerprint density at radius 2 is 1.84 bits per heavy atom. The Hall–Kier alpha value is -4.33. The number of rotatable bonds is 6. The highest BCUT2D eigenvalue weighted by Crippen LogP contribution is 2.44. The number of halogens is 3. The van der Waals surface area contributed by atoms with Gasteiger partial charge in [-0.2, -0.15) is 17.9 Å². The van der Waals surface area contributed by atoms with Crippen LogP contribution < -0.4 is 11.1 Å². The topological polar surface area (TPSA) is 146 Å². The number of carbonyl (C=O) groups is 2. The highest BCUT2D eigenvalue weighted by atomic mass is 32.1. The van der Waals surface area contributed by atoms with Crippen molar-refractivity contribution < 1.29 is 27.7 Å². The lowest BCUT2D eigenvalue weighted by Gasteiger charge is -2.14. The predicted molar refractivity (Wildman–Crippen MR) is 130 cm³/mol. The second-order valence-corrected chi connectivity index (χ2v) is 9.28. The molecule has 1 unspecified atom stereocenters. The first-order chi connectivity index (χ1) is 17.3. The van der Waals surface area contributed by atoms with Gasteiger partial charge in [-0.3, -0.25) is 9.59 Å². The Morgan fingerprint density at radius 1 is 1.19 bits per heavy atom. The Kier molecular flexibility index (Phi) is 6.46. The maximum atomic E-state index is 13.7. The molecule has 0 fully saturated rings. The van der Waals surface area contributed by atoms with E-state index in [1.54, 1.807) is 24.3 Å². The molecule has 4 aromatic rings. The average Bonchev–Trinajstić information content (AvgIpc) is 3.39. The summed E-state index contributed by atoms with van der Waals surface area (Å²) in [6.45, 7) is 4.77. The third-order valence-corrected chi connectivity index (χ3v) is 6.73. The number of thiophene rings is 1. The van der Waals surface area contributed by atoms with Crippen LogP contribution in [0.5, 0.6) is 0 Å². The maximum Gasteiger partial charge on any atom is 0.433 e. The first-order valence-corrected chi connectivity index (χ1v) is 11.5. The number of primary amides is 1. The average molecular weight is 533 g/mol. The molecular weight excluding hydrogens is 513 g/mol. The molecule has 1 atom stereocenters. The lowest BCUT2D eigenvalue weighted by atomic mass is 10.00. The van der Waals surface area contributed by atoms with Crippen LogP contribution in [0.1, 0.15) is 39.6 Å². The lowest BCUT2D eigenvalue weighted by molar-refractivity contribution is -0.389. The van der Waals surface area contributed by atoms with E-state index in [9.17, 15) is 32.9 Å². The summed E-state index contributed by atoms with van der Waals surface area (Å²) in [6, 6.07) is 7.63. The summed E-state index contributed by atoms with van der Waals surface area (Å²) in [6.07, 6.45) is -4.77. The minimum absolute atomic E-state index is 0.0925. The van der Waals surface area contributed by atoms with Crippen molar-refractivity contribution in [1.82, 2.24) is 14.8 Å². The summed E-state index contributed by atoms with van der Waals surface area (Å²) >= 11 is 0.623. The molecule has 4 rings (SSSR count). The van der Waals surface area contributed by atoms with Crippen LogP contribution in [0.3, 0.4) is 0 Å². The number of pyridine rings is 1. The molecule has 0 saturated heterocycles. The first-order valence-electron chi connectivity index (χ1n) is 10.7. The van der Waals surface area contributed by atoms with E-state index in [0.29, 0.717) is 22.6 Å². The summed E-state index contributed by atoms with van der Waals surface area (Å²) in [5.41, 5.74) is 5.95. The van der Waals surface area contributed by atoms with Gasteiger partial charge in [-0.25, -0.2) is 4.98 Å². The zero-order chi connectivity index (χ0) is 27.2. The van der Waals surface area contributed by atoms with Gasteiger partial charge in [-0.05, 0) is 42.9 Å². The van der Waals surface area contributed by atoms with Crippen LogP contribution in [-0.2, 0) is 11.0 Å². The van der Waals surface area contributed by atoms with E-state index >= 15 is 0 Å². The summed E-state index contributed by atoms with van der Waals surface area (Å²) in [5.74, 6) is -2.15. The van der Waals surface area contributed by atoms with Gasteiger partial charge in [-0.15, -0.1) is 11.3 Å². The van der Waals surface area contributed by atoms with Gasteiger partial charge in [0.25, 0.3) is 11.8 Å². The molecule has 0 saturated carbocycles. The molecule has 1 aromatic carbocycles.